The van der Waals surface area contributed by atoms with Crippen LogP contribution in [0.5, 0.6) is 5.75 Å². The Morgan fingerprint density at radius 1 is 1.13 bits per heavy atom. The van der Waals surface area contributed by atoms with Gasteiger partial charge in [-0.3, -0.25) is 4.79 Å². The summed E-state index contributed by atoms with van der Waals surface area (Å²) in [7, 11) is 3.33. The van der Waals surface area contributed by atoms with Gasteiger partial charge in [-0.25, -0.2) is 0 Å². The van der Waals surface area contributed by atoms with Crippen LogP contribution in [0.4, 0.5) is 24.5 Å². The van der Waals surface area contributed by atoms with Crippen LogP contribution >= 0.6 is 0 Å². The van der Waals surface area contributed by atoms with Crippen LogP contribution in [0.25, 0.3) is 0 Å². The Morgan fingerprint density at radius 3 is 2.53 bits per heavy atom. The van der Waals surface area contributed by atoms with Gasteiger partial charge in [-0.15, -0.1) is 0 Å². The first kappa shape index (κ1) is 22.0. The van der Waals surface area contributed by atoms with Gasteiger partial charge in [0.25, 0.3) is 0 Å². The zero-order valence-electron chi connectivity index (χ0n) is 17.3. The molecule has 1 saturated carbocycles. The van der Waals surface area contributed by atoms with Crippen LogP contribution in [-0.4, -0.2) is 26.1 Å². The van der Waals surface area contributed by atoms with Crippen molar-refractivity contribution in [2.24, 2.45) is 0 Å². The lowest BCUT2D eigenvalue weighted by atomic mass is 10.1. The number of alkyl halides is 3. The van der Waals surface area contributed by atoms with Gasteiger partial charge >= 0.3 is 6.18 Å². The molecule has 7 heteroatoms. The monoisotopic (exact) mass is 420 g/mol. The lowest BCUT2D eigenvalue weighted by Gasteiger charge is -2.18. The highest BCUT2D eigenvalue weighted by Gasteiger charge is 2.34. The summed E-state index contributed by atoms with van der Waals surface area (Å²) in [6.07, 6.45) is 0.668. The molecule has 3 rings (SSSR count). The van der Waals surface area contributed by atoms with Gasteiger partial charge in [0.2, 0.25) is 5.91 Å². The smallest absolute Gasteiger partial charge is 0.418 e. The number of benzene rings is 2. The van der Waals surface area contributed by atoms with E-state index in [9.17, 15) is 18.0 Å². The van der Waals surface area contributed by atoms with Crippen molar-refractivity contribution >= 4 is 17.3 Å². The van der Waals surface area contributed by atoms with Gasteiger partial charge in [0.1, 0.15) is 5.75 Å². The normalized spacial score (nSPS) is 14.6. The van der Waals surface area contributed by atoms with E-state index in [0.29, 0.717) is 12.1 Å². The van der Waals surface area contributed by atoms with Crippen molar-refractivity contribution in [3.63, 3.8) is 0 Å². The Balaban J connectivity index is 1.62. The first-order valence-electron chi connectivity index (χ1n) is 10.2. The van der Waals surface area contributed by atoms with Crippen LogP contribution in [0.2, 0.25) is 0 Å². The van der Waals surface area contributed by atoms with Gasteiger partial charge in [0.15, 0.2) is 0 Å². The third kappa shape index (κ3) is 5.90. The van der Waals surface area contributed by atoms with E-state index in [1.165, 1.54) is 18.9 Å². The lowest BCUT2D eigenvalue weighted by molar-refractivity contribution is -0.136. The van der Waals surface area contributed by atoms with Gasteiger partial charge in [-0.1, -0.05) is 12.1 Å². The van der Waals surface area contributed by atoms with Crippen LogP contribution < -0.4 is 15.0 Å². The highest BCUT2D eigenvalue weighted by molar-refractivity contribution is 5.92. The molecule has 0 heterocycles. The van der Waals surface area contributed by atoms with Crippen molar-refractivity contribution in [2.45, 2.75) is 50.8 Å². The largest absolute Gasteiger partial charge is 0.490 e. The van der Waals surface area contributed by atoms with E-state index in [1.807, 2.05) is 24.3 Å². The molecule has 0 radical (unpaired) electrons. The summed E-state index contributed by atoms with van der Waals surface area (Å²) < 4.78 is 46.2. The van der Waals surface area contributed by atoms with Crippen LogP contribution in [0.3, 0.4) is 0 Å². The highest BCUT2D eigenvalue weighted by Crippen LogP contribution is 2.37. The molecule has 2 aromatic rings. The topological polar surface area (TPSA) is 41.6 Å². The predicted octanol–water partition coefficient (Wildman–Crippen LogP) is 5.66. The molecule has 0 unspecified atom stereocenters. The fourth-order valence-corrected chi connectivity index (χ4v) is 3.60. The van der Waals surface area contributed by atoms with Crippen molar-refractivity contribution in [1.82, 2.24) is 0 Å². The number of nitrogens with zero attached hydrogens (tertiary/aromatic N) is 1. The minimum atomic E-state index is -4.56. The number of halogens is 3. The molecule has 1 aliphatic rings. The van der Waals surface area contributed by atoms with Gasteiger partial charge in [0, 0.05) is 26.2 Å². The minimum absolute atomic E-state index is 0.0829. The maximum absolute atomic E-state index is 13.4. The number of hydrogen-bond donors (Lipinski definition) is 1. The van der Waals surface area contributed by atoms with Crippen LogP contribution in [0.15, 0.2) is 42.5 Å². The second-order valence-electron chi connectivity index (χ2n) is 7.84. The third-order valence-corrected chi connectivity index (χ3v) is 5.24. The summed E-state index contributed by atoms with van der Waals surface area (Å²) in [5.74, 6) is 0.318. The molecule has 2 aromatic carbocycles. The average Bonchev–Trinajstić information content (AvgIpc) is 3.19. The molecule has 0 saturated heterocycles. The molecule has 162 valence electrons. The SMILES string of the molecule is CN(C)c1ccc(NC(=O)CCc2cccc(OC3CCCC3)c2)c(C(F)(F)F)c1. The van der Waals surface area contributed by atoms with Gasteiger partial charge in [-0.05, 0) is 68.0 Å². The molecule has 0 aliphatic heterocycles. The van der Waals surface area contributed by atoms with E-state index in [0.717, 1.165) is 30.2 Å². The van der Waals surface area contributed by atoms with Crippen molar-refractivity contribution in [3.8, 4) is 5.75 Å². The quantitative estimate of drug-likeness (QED) is 0.628. The Kier molecular flexibility index (Phi) is 6.90. The molecule has 1 N–H and O–H groups in total. The standard InChI is InChI=1S/C23H27F3N2O2/c1-28(2)17-11-12-21(20(15-17)23(24,25)26)27-22(29)13-10-16-6-5-9-19(14-16)30-18-7-3-4-8-18/h5-6,9,11-12,14-15,18H,3-4,7-8,10,13H2,1-2H3,(H,27,29). The van der Waals surface area contributed by atoms with Crippen molar-refractivity contribution in [1.29, 1.82) is 0 Å². The summed E-state index contributed by atoms with van der Waals surface area (Å²) in [6.45, 7) is 0. The number of hydrogen-bond acceptors (Lipinski definition) is 3. The van der Waals surface area contributed by atoms with Crippen LogP contribution in [-0.2, 0) is 17.4 Å². The summed E-state index contributed by atoms with van der Waals surface area (Å²) in [4.78, 5) is 13.9. The molecule has 0 spiro atoms. The van der Waals surface area contributed by atoms with E-state index in [4.69, 9.17) is 4.74 Å². The van der Waals surface area contributed by atoms with E-state index >= 15 is 0 Å². The Hall–Kier alpha value is -2.70. The summed E-state index contributed by atoms with van der Waals surface area (Å²) >= 11 is 0. The molecule has 1 aliphatic carbocycles. The number of anilines is 2. The molecule has 1 amide bonds. The Morgan fingerprint density at radius 2 is 1.87 bits per heavy atom. The number of nitrogens with one attached hydrogen (secondary N) is 1. The minimum Gasteiger partial charge on any atom is -0.490 e. The summed E-state index contributed by atoms with van der Waals surface area (Å²) in [6, 6.07) is 11.4. The number of aryl methyl sites for hydroxylation is 1. The molecule has 0 bridgehead atoms. The maximum atomic E-state index is 13.4. The van der Waals surface area contributed by atoms with E-state index in [-0.39, 0.29) is 18.2 Å². The van der Waals surface area contributed by atoms with Gasteiger partial charge < -0.3 is 15.0 Å². The van der Waals surface area contributed by atoms with Crippen molar-refractivity contribution < 1.29 is 22.7 Å². The van der Waals surface area contributed by atoms with Gasteiger partial charge in [-0.2, -0.15) is 13.2 Å². The van der Waals surface area contributed by atoms with Gasteiger partial charge in [0.05, 0.1) is 17.4 Å². The van der Waals surface area contributed by atoms with Crippen LogP contribution in [0, 0.1) is 0 Å². The number of rotatable bonds is 7. The molecule has 30 heavy (non-hydrogen) atoms. The number of amides is 1. The Bertz CT molecular complexity index is 875. The third-order valence-electron chi connectivity index (χ3n) is 5.24. The van der Waals surface area contributed by atoms with Crippen molar-refractivity contribution in [3.05, 3.63) is 53.6 Å². The summed E-state index contributed by atoms with van der Waals surface area (Å²) in [5.41, 5.74) is 0.254. The number of ether oxygens (including phenoxy) is 1. The zero-order valence-corrected chi connectivity index (χ0v) is 17.3. The summed E-state index contributed by atoms with van der Waals surface area (Å²) in [5, 5.41) is 2.42. The zero-order chi connectivity index (χ0) is 21.7. The lowest BCUT2D eigenvalue weighted by Crippen LogP contribution is -2.18. The van der Waals surface area contributed by atoms with E-state index in [2.05, 4.69) is 5.32 Å². The predicted molar refractivity (Wildman–Crippen MR) is 112 cm³/mol. The molecular formula is C23H27F3N2O2. The first-order chi connectivity index (χ1) is 14.2. The highest BCUT2D eigenvalue weighted by atomic mass is 19.4. The molecule has 0 atom stereocenters. The number of carbonyl (C=O) groups excluding carboxylic acids is 1. The fraction of sp³-hybridized carbons (Fsp3) is 0.435. The van der Waals surface area contributed by atoms with Crippen molar-refractivity contribution in [2.75, 3.05) is 24.3 Å². The van der Waals surface area contributed by atoms with Crippen LogP contribution in [0.1, 0.15) is 43.2 Å². The number of carbonyl (C=O) groups is 1. The molecular weight excluding hydrogens is 393 g/mol. The van der Waals surface area contributed by atoms with E-state index < -0.39 is 17.6 Å². The molecule has 1 fully saturated rings. The Labute approximate surface area is 175 Å². The maximum Gasteiger partial charge on any atom is 0.418 e. The second-order valence-corrected chi connectivity index (χ2v) is 7.84. The fourth-order valence-electron chi connectivity index (χ4n) is 3.60. The molecule has 4 nitrogen and oxygen atoms in total. The second kappa shape index (κ2) is 9.41. The first-order valence-corrected chi connectivity index (χ1v) is 10.2. The van der Waals surface area contributed by atoms with E-state index in [1.54, 1.807) is 25.1 Å². The molecule has 0 aromatic heterocycles. The average molecular weight is 420 g/mol.